The van der Waals surface area contributed by atoms with Gasteiger partial charge in [-0.2, -0.15) is 8.42 Å². The van der Waals surface area contributed by atoms with Crippen LogP contribution in [-0.2, 0) is 80.8 Å². The van der Waals surface area contributed by atoms with E-state index in [1.165, 1.54) is 49.9 Å². The van der Waals surface area contributed by atoms with Crippen LogP contribution < -0.4 is 52.5 Å². The van der Waals surface area contributed by atoms with Crippen LogP contribution in [0.5, 0.6) is 5.75 Å². The lowest BCUT2D eigenvalue weighted by atomic mass is 9.97. The molecule has 1 fully saturated rings. The zero-order chi connectivity index (χ0) is 61.6. The molecule has 0 radical (unpaired) electrons. The van der Waals surface area contributed by atoms with Gasteiger partial charge in [0.05, 0.1) is 18.5 Å². The Morgan fingerprint density at radius 2 is 1.16 bits per heavy atom. The number of benzene rings is 2. The van der Waals surface area contributed by atoms with E-state index in [0.29, 0.717) is 30.3 Å². The Labute approximate surface area is 480 Å². The Hall–Kier alpha value is -8.09. The molecule has 30 heteroatoms. The number of carboxylic acids is 2. The molecule has 11 atom stereocenters. The highest BCUT2D eigenvalue weighted by Crippen LogP contribution is 2.22. The highest BCUT2D eigenvalue weighted by Gasteiger charge is 2.41. The zero-order valence-corrected chi connectivity index (χ0v) is 48.0. The van der Waals surface area contributed by atoms with Gasteiger partial charge in [0.25, 0.3) is 0 Å². The normalized spacial score (nSPS) is 16.6. The van der Waals surface area contributed by atoms with E-state index in [0.717, 1.165) is 0 Å². The van der Waals surface area contributed by atoms with E-state index >= 15 is 0 Å². The number of aldehydes is 1. The number of carbonyl (C=O) groups is 12. The summed E-state index contributed by atoms with van der Waals surface area (Å²) in [6, 6.07) is 0.252. The van der Waals surface area contributed by atoms with Crippen LogP contribution in [0.2, 0.25) is 0 Å². The molecule has 460 valence electrons. The van der Waals surface area contributed by atoms with Crippen molar-refractivity contribution in [3.8, 4) is 5.75 Å². The van der Waals surface area contributed by atoms with Crippen molar-refractivity contribution in [2.24, 2.45) is 17.6 Å². The molecule has 1 aliphatic heterocycles. The molecule has 1 heterocycles. The summed E-state index contributed by atoms with van der Waals surface area (Å²) in [6.07, 6.45) is -0.497. The second kappa shape index (κ2) is 33.7. The van der Waals surface area contributed by atoms with E-state index in [-0.39, 0.29) is 49.4 Å². The number of nitrogens with two attached hydrogens (primary N) is 1. The van der Waals surface area contributed by atoms with Crippen LogP contribution in [-0.4, -0.2) is 172 Å². The first-order valence-electron chi connectivity index (χ1n) is 26.6. The molecule has 0 bridgehead atoms. The van der Waals surface area contributed by atoms with Crippen LogP contribution in [0.3, 0.4) is 0 Å². The molecule has 0 aliphatic carbocycles. The predicted molar refractivity (Wildman–Crippen MR) is 295 cm³/mol. The van der Waals surface area contributed by atoms with Crippen molar-refractivity contribution < 1.29 is 90.4 Å². The van der Waals surface area contributed by atoms with E-state index in [9.17, 15) is 71.1 Å². The number of nitrogens with one attached hydrogen (secondary N) is 8. The van der Waals surface area contributed by atoms with Crippen molar-refractivity contribution in [1.29, 1.82) is 0 Å². The SMILES string of the molecule is CC[C@H](C)[C@H](NC(=O)[C@H](C)NC(=O)[C@H](CCC(=O)O)NC(=O)[C@H](Cc1ccccc1)NC(=O)[C@@H](N)CC(=O)O)C(=O)N1CCC[C@H]1C(=O)N[C@@H](C)C(=O)N[C@@H](C)C(=O)N[C@@H](Cc1ccc(OS(=O)(=O)O)cc1)C(=O)N[C@H](C=O)CC(C)C.O. The van der Waals surface area contributed by atoms with E-state index in [4.69, 9.17) is 15.4 Å². The third-order valence-corrected chi connectivity index (χ3v) is 13.6. The lowest BCUT2D eigenvalue weighted by molar-refractivity contribution is -0.143. The molecule has 2 aromatic rings. The summed E-state index contributed by atoms with van der Waals surface area (Å²) >= 11 is 0. The lowest BCUT2D eigenvalue weighted by Crippen LogP contribution is -2.60. The summed E-state index contributed by atoms with van der Waals surface area (Å²) in [4.78, 5) is 159. The fourth-order valence-corrected chi connectivity index (χ4v) is 8.87. The second-order valence-corrected chi connectivity index (χ2v) is 21.5. The molecule has 3 rings (SSSR count). The Bertz CT molecular complexity index is 2720. The Morgan fingerprint density at radius 1 is 0.663 bits per heavy atom. The molecule has 0 saturated carbocycles. The monoisotopic (exact) mass is 1190 g/mol. The second-order valence-electron chi connectivity index (χ2n) is 20.5. The van der Waals surface area contributed by atoms with E-state index < -0.39 is 161 Å². The number of aliphatic carboxylic acids is 2. The van der Waals surface area contributed by atoms with Gasteiger partial charge in [-0.3, -0.25) is 57.3 Å². The van der Waals surface area contributed by atoms with E-state index in [2.05, 4.69) is 46.7 Å². The minimum atomic E-state index is -4.83. The number of nitrogens with zero attached hydrogens (tertiary/aromatic N) is 1. The maximum absolute atomic E-state index is 14.3. The molecular weight excluding hydrogens is 1110 g/mol. The van der Waals surface area contributed by atoms with Gasteiger partial charge in [-0.15, -0.1) is 0 Å². The average Bonchev–Trinajstić information content (AvgIpc) is 3.95. The van der Waals surface area contributed by atoms with E-state index in [1.807, 2.05) is 13.8 Å². The van der Waals surface area contributed by atoms with Crippen molar-refractivity contribution in [2.75, 3.05) is 6.54 Å². The minimum absolute atomic E-state index is 0. The van der Waals surface area contributed by atoms with Crippen LogP contribution >= 0.6 is 0 Å². The number of carbonyl (C=O) groups excluding carboxylic acids is 10. The Morgan fingerprint density at radius 3 is 1.69 bits per heavy atom. The molecule has 0 aromatic heterocycles. The van der Waals surface area contributed by atoms with E-state index in [1.54, 1.807) is 44.2 Å². The number of carboxylic acid groups (broad SMARTS) is 2. The number of hydrogen-bond donors (Lipinski definition) is 12. The third-order valence-electron chi connectivity index (χ3n) is 13.2. The van der Waals surface area contributed by atoms with Crippen LogP contribution in [0.25, 0.3) is 0 Å². The maximum Gasteiger partial charge on any atom is 0.446 e. The highest BCUT2D eigenvalue weighted by molar-refractivity contribution is 7.81. The molecule has 1 saturated heterocycles. The predicted octanol–water partition coefficient (Wildman–Crippen LogP) is -2.28. The first kappa shape index (κ1) is 71.0. The lowest BCUT2D eigenvalue weighted by Gasteiger charge is -2.32. The standard InChI is InChI=1S/C53H76N10O18S.H2O/c1-8-29(4)44(62-47(71)32(7)56-49(73)38(20-21-42(65)66)59-51(75)40(24-33-13-10-9-11-14-33)61-48(72)37(54)26-43(67)68)53(77)63-22-12-15-41(63)52(76)57-30(5)45(69)55-31(6)46(70)60-39(50(74)58-35(27-64)23-28(2)3)25-34-16-18-36(19-17-34)81-82(78,79)80;/h9-11,13-14,16-19,27-32,35,37-41,44H,8,12,15,20-26,54H2,1-7H3,(H,55,69)(H,56,73)(H,57,76)(H,58,74)(H,59,75)(H,60,70)(H,61,72)(H,62,71)(H,65,66)(H,67,68)(H,78,79,80);1H2/t29-,30-,31-,32-,35-,37-,38-,39-,40-,41-,44-;/m0./s1. The summed E-state index contributed by atoms with van der Waals surface area (Å²) < 4.78 is 35.8. The number of hydrogen-bond acceptors (Lipinski definition) is 16. The summed E-state index contributed by atoms with van der Waals surface area (Å²) in [5.74, 6) is -11.1. The molecule has 9 amide bonds. The first-order valence-corrected chi connectivity index (χ1v) is 28.0. The van der Waals surface area contributed by atoms with Gasteiger partial charge >= 0.3 is 22.3 Å². The molecule has 29 nitrogen and oxygen atoms in total. The van der Waals surface area contributed by atoms with Crippen LogP contribution in [0.4, 0.5) is 0 Å². The summed E-state index contributed by atoms with van der Waals surface area (Å²) in [5.41, 5.74) is 6.68. The van der Waals surface area contributed by atoms with Crippen molar-refractivity contribution in [1.82, 2.24) is 47.4 Å². The van der Waals surface area contributed by atoms with Gasteiger partial charge in [0.2, 0.25) is 53.2 Å². The number of amides is 9. The number of likely N-dealkylation sites (tertiary alicyclic amines) is 1. The average molecular weight is 1190 g/mol. The van der Waals surface area contributed by atoms with Crippen LogP contribution in [0.1, 0.15) is 105 Å². The van der Waals surface area contributed by atoms with Gasteiger partial charge in [-0.1, -0.05) is 76.6 Å². The Kier molecular flexibility index (Phi) is 28.9. The van der Waals surface area contributed by atoms with Gasteiger partial charge in [-0.05, 0) is 81.5 Å². The topological polar surface area (TPSA) is 466 Å². The van der Waals surface area contributed by atoms with Crippen molar-refractivity contribution >= 4 is 81.8 Å². The van der Waals surface area contributed by atoms with Crippen molar-refractivity contribution in [3.63, 3.8) is 0 Å². The molecule has 2 aromatic carbocycles. The van der Waals surface area contributed by atoms with Gasteiger partial charge in [0.15, 0.2) is 0 Å². The Balaban J connectivity index is 0.0000235. The van der Waals surface area contributed by atoms with Gasteiger partial charge < -0.3 is 77.8 Å². The third kappa shape index (κ3) is 24.1. The molecule has 83 heavy (non-hydrogen) atoms. The largest absolute Gasteiger partial charge is 0.481 e. The fourth-order valence-electron chi connectivity index (χ4n) is 8.51. The fraction of sp³-hybridized carbons (Fsp3) is 0.547. The maximum atomic E-state index is 14.3. The summed E-state index contributed by atoms with van der Waals surface area (Å²) in [6.45, 7) is 11.1. The van der Waals surface area contributed by atoms with Gasteiger partial charge in [0, 0.05) is 25.8 Å². The zero-order valence-electron chi connectivity index (χ0n) is 47.2. The smallest absolute Gasteiger partial charge is 0.446 e. The van der Waals surface area contributed by atoms with Crippen molar-refractivity contribution in [2.45, 2.75) is 167 Å². The molecule has 0 spiro atoms. The number of rotatable bonds is 33. The molecule has 1 aliphatic rings. The first-order chi connectivity index (χ1) is 38.4. The van der Waals surface area contributed by atoms with Gasteiger partial charge in [-0.25, -0.2) is 0 Å². The molecule has 0 unspecified atom stereocenters. The van der Waals surface area contributed by atoms with Crippen molar-refractivity contribution in [3.05, 3.63) is 65.7 Å². The highest BCUT2D eigenvalue weighted by atomic mass is 32.3. The summed E-state index contributed by atoms with van der Waals surface area (Å²) in [5, 5.41) is 38.7. The molecular formula is C53H78N10O19S. The molecule has 15 N–H and O–H groups in total. The van der Waals surface area contributed by atoms with Crippen LogP contribution in [0.15, 0.2) is 54.6 Å². The minimum Gasteiger partial charge on any atom is -0.481 e. The van der Waals surface area contributed by atoms with Gasteiger partial charge in [0.1, 0.15) is 60.4 Å². The quantitative estimate of drug-likeness (QED) is 0.0264. The summed E-state index contributed by atoms with van der Waals surface area (Å²) in [7, 11) is -4.83. The van der Waals surface area contributed by atoms with Crippen LogP contribution in [0, 0.1) is 11.8 Å².